The van der Waals surface area contributed by atoms with Gasteiger partial charge in [-0.15, -0.1) is 0 Å². The second kappa shape index (κ2) is 6.42. The molecule has 1 aromatic rings. The van der Waals surface area contributed by atoms with E-state index in [1.807, 2.05) is 4.68 Å². The Morgan fingerprint density at radius 2 is 2.33 bits per heavy atom. The monoisotopic (exact) mass is 293 g/mol. The number of ether oxygens (including phenoxy) is 1. The van der Waals surface area contributed by atoms with Gasteiger partial charge >= 0.3 is 0 Å². The molecule has 2 aliphatic rings. The van der Waals surface area contributed by atoms with Gasteiger partial charge in [-0.1, -0.05) is 13.8 Å². The lowest BCUT2D eigenvalue weighted by Crippen LogP contribution is -2.53. The van der Waals surface area contributed by atoms with E-state index in [2.05, 4.69) is 28.8 Å². The summed E-state index contributed by atoms with van der Waals surface area (Å²) in [6.45, 7) is 8.25. The predicted octanol–water partition coefficient (Wildman–Crippen LogP) is 0.667. The topological polar surface area (TPSA) is 69.2 Å². The number of nitrogens with zero attached hydrogens (tertiary/aromatic N) is 4. The summed E-state index contributed by atoms with van der Waals surface area (Å²) in [5, 5.41) is 4.31. The number of morpholine rings is 1. The van der Waals surface area contributed by atoms with Crippen LogP contribution in [0.3, 0.4) is 0 Å². The molecule has 1 aromatic heterocycles. The second-order valence-corrected chi connectivity index (χ2v) is 6.78. The van der Waals surface area contributed by atoms with Crippen LogP contribution < -0.4 is 5.73 Å². The highest BCUT2D eigenvalue weighted by molar-refractivity contribution is 4.95. The third-order valence-electron chi connectivity index (χ3n) is 4.55. The summed E-state index contributed by atoms with van der Waals surface area (Å²) in [7, 11) is 0. The normalized spacial score (nSPS) is 28.0. The maximum absolute atomic E-state index is 6.39. The molecule has 6 nitrogen and oxygen atoms in total. The fourth-order valence-electron chi connectivity index (χ4n) is 3.39. The minimum Gasteiger partial charge on any atom is -0.374 e. The standard InChI is InChI=1S/C15H27N5O/c1-11(2)7-20-15(17-10-18-20)6-13(16)14-8-19-5-3-4-12(19)9-21-14/h10-14H,3-9,16H2,1-2H3. The molecule has 0 aromatic carbocycles. The van der Waals surface area contributed by atoms with Crippen molar-refractivity contribution in [1.82, 2.24) is 19.7 Å². The summed E-state index contributed by atoms with van der Waals surface area (Å²) in [5.74, 6) is 1.53. The molecule has 0 bridgehead atoms. The van der Waals surface area contributed by atoms with Crippen LogP contribution in [-0.2, 0) is 17.7 Å². The molecule has 2 fully saturated rings. The molecule has 3 atom stereocenters. The summed E-state index contributed by atoms with van der Waals surface area (Å²) < 4.78 is 7.98. The van der Waals surface area contributed by atoms with Crippen LogP contribution in [0.2, 0.25) is 0 Å². The zero-order chi connectivity index (χ0) is 14.8. The van der Waals surface area contributed by atoms with E-state index in [0.717, 1.165) is 31.9 Å². The first-order valence-electron chi connectivity index (χ1n) is 8.11. The lowest BCUT2D eigenvalue weighted by Gasteiger charge is -2.37. The van der Waals surface area contributed by atoms with Crippen molar-refractivity contribution >= 4 is 0 Å². The van der Waals surface area contributed by atoms with Crippen molar-refractivity contribution in [3.05, 3.63) is 12.2 Å². The van der Waals surface area contributed by atoms with Crippen molar-refractivity contribution in [1.29, 1.82) is 0 Å². The lowest BCUT2D eigenvalue weighted by molar-refractivity contribution is -0.0592. The summed E-state index contributed by atoms with van der Waals surface area (Å²) in [6, 6.07) is 0.611. The maximum atomic E-state index is 6.39. The van der Waals surface area contributed by atoms with Gasteiger partial charge in [-0.2, -0.15) is 5.10 Å². The Morgan fingerprint density at radius 3 is 3.14 bits per heavy atom. The average Bonchev–Trinajstić information content (AvgIpc) is 3.06. The Kier molecular flexibility index (Phi) is 4.57. The molecular formula is C15H27N5O. The van der Waals surface area contributed by atoms with Gasteiger partial charge in [0, 0.05) is 31.6 Å². The lowest BCUT2D eigenvalue weighted by atomic mass is 10.0. The minimum absolute atomic E-state index is 0.0123. The van der Waals surface area contributed by atoms with Crippen LogP contribution in [0.25, 0.3) is 0 Å². The Bertz CT molecular complexity index is 461. The van der Waals surface area contributed by atoms with Crippen molar-refractivity contribution < 1.29 is 4.74 Å². The quantitative estimate of drug-likeness (QED) is 0.864. The van der Waals surface area contributed by atoms with Crippen molar-refractivity contribution in [2.24, 2.45) is 11.7 Å². The highest BCUT2D eigenvalue weighted by Gasteiger charge is 2.35. The largest absolute Gasteiger partial charge is 0.374 e. The van der Waals surface area contributed by atoms with Gasteiger partial charge in [-0.05, 0) is 25.3 Å². The smallest absolute Gasteiger partial charge is 0.138 e. The van der Waals surface area contributed by atoms with Crippen LogP contribution in [0.5, 0.6) is 0 Å². The van der Waals surface area contributed by atoms with Crippen molar-refractivity contribution in [3.8, 4) is 0 Å². The first-order valence-corrected chi connectivity index (χ1v) is 8.11. The molecule has 3 rings (SSSR count). The molecule has 2 saturated heterocycles. The van der Waals surface area contributed by atoms with Crippen LogP contribution in [0.1, 0.15) is 32.5 Å². The first kappa shape index (κ1) is 14.9. The van der Waals surface area contributed by atoms with Gasteiger partial charge in [0.2, 0.25) is 0 Å². The molecule has 3 unspecified atom stereocenters. The Labute approximate surface area is 126 Å². The molecule has 21 heavy (non-hydrogen) atoms. The van der Waals surface area contributed by atoms with Crippen LogP contribution in [-0.4, -0.2) is 57.5 Å². The second-order valence-electron chi connectivity index (χ2n) is 6.78. The number of hydrogen-bond donors (Lipinski definition) is 1. The van der Waals surface area contributed by atoms with Gasteiger partial charge in [0.1, 0.15) is 12.2 Å². The summed E-state index contributed by atoms with van der Waals surface area (Å²) in [6.07, 6.45) is 5.03. The average molecular weight is 293 g/mol. The molecule has 0 radical (unpaired) electrons. The fourth-order valence-corrected chi connectivity index (χ4v) is 3.39. The van der Waals surface area contributed by atoms with Crippen LogP contribution >= 0.6 is 0 Å². The minimum atomic E-state index is -0.0123. The molecule has 0 aliphatic carbocycles. The maximum Gasteiger partial charge on any atom is 0.138 e. The summed E-state index contributed by atoms with van der Waals surface area (Å²) in [4.78, 5) is 6.91. The van der Waals surface area contributed by atoms with Gasteiger partial charge in [0.25, 0.3) is 0 Å². The Balaban J connectivity index is 1.58. The van der Waals surface area contributed by atoms with E-state index in [1.54, 1.807) is 6.33 Å². The number of fused-ring (bicyclic) bond motifs is 1. The van der Waals surface area contributed by atoms with E-state index in [1.165, 1.54) is 19.4 Å². The molecule has 6 heteroatoms. The third-order valence-corrected chi connectivity index (χ3v) is 4.55. The van der Waals surface area contributed by atoms with Gasteiger partial charge in [-0.25, -0.2) is 9.67 Å². The number of nitrogens with two attached hydrogens (primary N) is 1. The van der Waals surface area contributed by atoms with Gasteiger partial charge in [-0.3, -0.25) is 4.90 Å². The van der Waals surface area contributed by atoms with Crippen LogP contribution in [0, 0.1) is 5.92 Å². The van der Waals surface area contributed by atoms with Crippen molar-refractivity contribution in [2.75, 3.05) is 19.7 Å². The SMILES string of the molecule is CC(C)Cn1ncnc1CC(N)C1CN2CCCC2CO1. The first-order chi connectivity index (χ1) is 10.1. The van der Waals surface area contributed by atoms with E-state index in [-0.39, 0.29) is 12.1 Å². The zero-order valence-electron chi connectivity index (χ0n) is 13.1. The van der Waals surface area contributed by atoms with Crippen molar-refractivity contribution in [3.63, 3.8) is 0 Å². The van der Waals surface area contributed by atoms with Crippen LogP contribution in [0.15, 0.2) is 6.33 Å². The summed E-state index contributed by atoms with van der Waals surface area (Å²) >= 11 is 0. The number of rotatable bonds is 5. The third kappa shape index (κ3) is 3.44. The van der Waals surface area contributed by atoms with Gasteiger partial charge in [0.15, 0.2) is 0 Å². The Hall–Kier alpha value is -0.980. The molecule has 118 valence electrons. The summed E-state index contributed by atoms with van der Waals surface area (Å²) in [5.41, 5.74) is 6.39. The van der Waals surface area contributed by atoms with Crippen molar-refractivity contribution in [2.45, 2.75) is 57.8 Å². The van der Waals surface area contributed by atoms with E-state index < -0.39 is 0 Å². The Morgan fingerprint density at radius 1 is 1.48 bits per heavy atom. The van der Waals surface area contributed by atoms with Gasteiger partial charge < -0.3 is 10.5 Å². The molecule has 2 N–H and O–H groups in total. The highest BCUT2D eigenvalue weighted by Crippen LogP contribution is 2.24. The molecule has 0 amide bonds. The fraction of sp³-hybridized carbons (Fsp3) is 0.867. The van der Waals surface area contributed by atoms with E-state index in [9.17, 15) is 0 Å². The van der Waals surface area contributed by atoms with E-state index >= 15 is 0 Å². The highest BCUT2D eigenvalue weighted by atomic mass is 16.5. The molecule has 3 heterocycles. The number of hydrogen-bond acceptors (Lipinski definition) is 5. The molecule has 0 spiro atoms. The zero-order valence-corrected chi connectivity index (χ0v) is 13.1. The van der Waals surface area contributed by atoms with E-state index in [4.69, 9.17) is 10.5 Å². The molecule has 2 aliphatic heterocycles. The number of aromatic nitrogens is 3. The van der Waals surface area contributed by atoms with E-state index in [0.29, 0.717) is 12.0 Å². The van der Waals surface area contributed by atoms with Gasteiger partial charge in [0.05, 0.1) is 12.7 Å². The van der Waals surface area contributed by atoms with Crippen LogP contribution in [0.4, 0.5) is 0 Å². The molecule has 0 saturated carbocycles. The predicted molar refractivity (Wildman–Crippen MR) is 80.9 cm³/mol. The molecular weight excluding hydrogens is 266 g/mol.